The molecular weight excluding hydrogens is 458 g/mol. The molecule has 7 heteroatoms. The monoisotopic (exact) mass is 488 g/mol. The van der Waals surface area contributed by atoms with Crippen molar-refractivity contribution < 1.29 is 13.6 Å². The molecule has 0 bridgehead atoms. The average molecular weight is 489 g/mol. The molecule has 2 atom stereocenters. The Hall–Kier alpha value is -3.58. The van der Waals surface area contributed by atoms with E-state index in [0.717, 1.165) is 46.7 Å². The number of nitrogens with one attached hydrogen (secondary N) is 1. The molecule has 1 N–H and O–H groups in total. The molecule has 0 radical (unpaired) electrons. The van der Waals surface area contributed by atoms with Crippen molar-refractivity contribution in [2.75, 3.05) is 13.1 Å². The van der Waals surface area contributed by atoms with Crippen LogP contribution in [0.25, 0.3) is 16.9 Å². The summed E-state index contributed by atoms with van der Waals surface area (Å²) in [6.07, 6.45) is 5.40. The molecule has 0 saturated carbocycles. The van der Waals surface area contributed by atoms with E-state index in [4.69, 9.17) is 5.10 Å². The first-order valence-corrected chi connectivity index (χ1v) is 12.3. The lowest BCUT2D eigenvalue weighted by Gasteiger charge is -2.32. The summed E-state index contributed by atoms with van der Waals surface area (Å²) in [6, 6.07) is 16.0. The second kappa shape index (κ2) is 10.2. The third kappa shape index (κ3) is 4.88. The molecule has 5 nitrogen and oxygen atoms in total. The molecule has 36 heavy (non-hydrogen) atoms. The number of ketones is 1. The van der Waals surface area contributed by atoms with Crippen LogP contribution in [0.2, 0.25) is 0 Å². The molecule has 2 unspecified atom stereocenters. The predicted molar refractivity (Wildman–Crippen MR) is 136 cm³/mol. The smallest absolute Gasteiger partial charge is 0.159 e. The van der Waals surface area contributed by atoms with Gasteiger partial charge in [-0.15, -0.1) is 0 Å². The van der Waals surface area contributed by atoms with Gasteiger partial charge in [0.15, 0.2) is 11.6 Å². The summed E-state index contributed by atoms with van der Waals surface area (Å²) < 4.78 is 31.3. The number of hydrogen-bond acceptors (Lipinski definition) is 3. The molecule has 0 amide bonds. The fraction of sp³-hybridized carbons (Fsp3) is 0.310. The normalized spacial score (nSPS) is 17.9. The zero-order chi connectivity index (χ0) is 25.2. The minimum Gasteiger partial charge on any atom is -0.357 e. The van der Waals surface area contributed by atoms with Crippen LogP contribution in [0.4, 0.5) is 8.78 Å². The van der Waals surface area contributed by atoms with E-state index < -0.39 is 11.6 Å². The first kappa shape index (κ1) is 24.1. The van der Waals surface area contributed by atoms with Crippen LogP contribution in [0.1, 0.15) is 35.6 Å². The summed E-state index contributed by atoms with van der Waals surface area (Å²) in [5.41, 5.74) is 5.39. The van der Waals surface area contributed by atoms with Crippen LogP contribution in [0, 0.1) is 24.5 Å². The highest BCUT2D eigenvalue weighted by molar-refractivity contribution is 5.82. The minimum atomic E-state index is -0.848. The van der Waals surface area contributed by atoms with Crippen molar-refractivity contribution in [2.24, 2.45) is 13.0 Å². The number of aryl methyl sites for hydroxylation is 1. The van der Waals surface area contributed by atoms with Crippen LogP contribution in [-0.2, 0) is 18.3 Å². The second-order valence-corrected chi connectivity index (χ2v) is 9.69. The number of para-hydroxylation sites is 1. The number of nitrogens with zero attached hydrogens (tertiary/aromatic N) is 3. The SMILES string of the molecule is Cc1c(-c2ccn(C)c2)nn(-c2ccccc2)c1CC(=O)CC1CNCCC1c1ccc(F)c(F)c1. The van der Waals surface area contributed by atoms with Crippen LogP contribution in [0.15, 0.2) is 67.0 Å². The van der Waals surface area contributed by atoms with Gasteiger partial charge in [0.25, 0.3) is 0 Å². The van der Waals surface area contributed by atoms with Crippen molar-refractivity contribution in [3.63, 3.8) is 0 Å². The lowest BCUT2D eigenvalue weighted by Crippen LogP contribution is -2.37. The topological polar surface area (TPSA) is 51.9 Å². The van der Waals surface area contributed by atoms with Gasteiger partial charge in [0.1, 0.15) is 5.78 Å². The maximum atomic E-state index is 13.9. The van der Waals surface area contributed by atoms with Gasteiger partial charge in [0, 0.05) is 37.8 Å². The number of benzene rings is 2. The van der Waals surface area contributed by atoms with Crippen LogP contribution in [0.5, 0.6) is 0 Å². The van der Waals surface area contributed by atoms with Crippen molar-refractivity contribution in [1.82, 2.24) is 19.7 Å². The average Bonchev–Trinajstić information content (AvgIpc) is 3.45. The maximum Gasteiger partial charge on any atom is 0.159 e. The quantitative estimate of drug-likeness (QED) is 0.381. The lowest BCUT2D eigenvalue weighted by atomic mass is 9.78. The number of aromatic nitrogens is 3. The molecule has 4 aromatic rings. The highest BCUT2D eigenvalue weighted by Crippen LogP contribution is 2.34. The second-order valence-electron chi connectivity index (χ2n) is 9.69. The first-order chi connectivity index (χ1) is 17.4. The van der Waals surface area contributed by atoms with Gasteiger partial charge >= 0.3 is 0 Å². The molecule has 1 aliphatic rings. The van der Waals surface area contributed by atoms with Crippen molar-refractivity contribution in [1.29, 1.82) is 0 Å². The number of rotatable bonds is 7. The van der Waals surface area contributed by atoms with E-state index in [0.29, 0.717) is 13.0 Å². The zero-order valence-corrected chi connectivity index (χ0v) is 20.5. The standard InChI is InChI=1S/C29H30F2N4O/c1-19-28(35(23-6-4-3-5-7-23)33-29(19)21-11-13-34(2)18-21)16-24(36)14-22-17-32-12-10-25(22)20-8-9-26(30)27(31)15-20/h3-9,11,13,15,18,22,25,32H,10,12,14,16-17H2,1-2H3. The Balaban J connectivity index is 1.42. The maximum absolute atomic E-state index is 13.9. The van der Waals surface area contributed by atoms with Crippen LogP contribution in [0.3, 0.4) is 0 Å². The summed E-state index contributed by atoms with van der Waals surface area (Å²) in [5, 5.41) is 8.27. The summed E-state index contributed by atoms with van der Waals surface area (Å²) in [7, 11) is 1.97. The molecule has 0 spiro atoms. The fourth-order valence-electron chi connectivity index (χ4n) is 5.31. The van der Waals surface area contributed by atoms with Crippen molar-refractivity contribution >= 4 is 5.78 Å². The molecule has 2 aromatic carbocycles. The van der Waals surface area contributed by atoms with E-state index in [9.17, 15) is 13.6 Å². The van der Waals surface area contributed by atoms with Crippen molar-refractivity contribution in [2.45, 2.75) is 32.1 Å². The van der Waals surface area contributed by atoms with Crippen molar-refractivity contribution in [3.8, 4) is 16.9 Å². The van der Waals surface area contributed by atoms with Crippen LogP contribution < -0.4 is 5.32 Å². The Morgan fingerprint density at radius 2 is 1.92 bits per heavy atom. The third-order valence-corrected chi connectivity index (χ3v) is 7.18. The molecule has 186 valence electrons. The Bertz CT molecular complexity index is 1380. The summed E-state index contributed by atoms with van der Waals surface area (Å²) in [6.45, 7) is 3.47. The number of halogens is 2. The van der Waals surface area contributed by atoms with E-state index in [1.807, 2.05) is 72.0 Å². The largest absolute Gasteiger partial charge is 0.357 e. The molecule has 3 heterocycles. The number of carbonyl (C=O) groups excluding carboxylic acids is 1. The Morgan fingerprint density at radius 3 is 2.64 bits per heavy atom. The Kier molecular flexibility index (Phi) is 6.83. The number of carbonyl (C=O) groups is 1. The first-order valence-electron chi connectivity index (χ1n) is 12.3. The minimum absolute atomic E-state index is 0.00492. The van der Waals surface area contributed by atoms with E-state index in [-0.39, 0.29) is 24.0 Å². The summed E-state index contributed by atoms with van der Waals surface area (Å²) in [4.78, 5) is 13.5. The fourth-order valence-corrected chi connectivity index (χ4v) is 5.31. The van der Waals surface area contributed by atoms with Crippen molar-refractivity contribution in [3.05, 3.63) is 95.4 Å². The predicted octanol–water partition coefficient (Wildman–Crippen LogP) is 5.36. The van der Waals surface area contributed by atoms with E-state index in [1.54, 1.807) is 6.07 Å². The van der Waals surface area contributed by atoms with Gasteiger partial charge in [0.05, 0.1) is 17.1 Å². The van der Waals surface area contributed by atoms with Gasteiger partial charge in [-0.25, -0.2) is 13.5 Å². The Morgan fingerprint density at radius 1 is 1.11 bits per heavy atom. The highest BCUT2D eigenvalue weighted by Gasteiger charge is 2.30. The molecule has 1 fully saturated rings. The highest BCUT2D eigenvalue weighted by atomic mass is 19.2. The van der Waals surface area contributed by atoms with Gasteiger partial charge in [0.2, 0.25) is 0 Å². The van der Waals surface area contributed by atoms with Gasteiger partial charge in [-0.2, -0.15) is 5.10 Å². The third-order valence-electron chi connectivity index (χ3n) is 7.18. The van der Waals surface area contributed by atoms with Crippen LogP contribution in [-0.4, -0.2) is 33.2 Å². The lowest BCUT2D eigenvalue weighted by molar-refractivity contribution is -0.119. The summed E-state index contributed by atoms with van der Waals surface area (Å²) in [5.74, 6) is -1.56. The number of piperidine rings is 1. The molecule has 0 aliphatic carbocycles. The molecule has 1 saturated heterocycles. The Labute approximate surface area is 209 Å². The molecule has 2 aromatic heterocycles. The van der Waals surface area contributed by atoms with Gasteiger partial charge in [-0.3, -0.25) is 4.79 Å². The molecule has 5 rings (SSSR count). The number of hydrogen-bond donors (Lipinski definition) is 1. The van der Waals surface area contributed by atoms with E-state index in [2.05, 4.69) is 5.32 Å². The van der Waals surface area contributed by atoms with Gasteiger partial charge in [-0.05, 0) is 79.7 Å². The molecule has 1 aliphatic heterocycles. The molecular formula is C29H30F2N4O. The van der Waals surface area contributed by atoms with Gasteiger partial charge in [-0.1, -0.05) is 24.3 Å². The van der Waals surface area contributed by atoms with Crippen LogP contribution >= 0.6 is 0 Å². The number of Topliss-reactive ketones (excluding diaryl/α,β-unsaturated/α-hetero) is 1. The van der Waals surface area contributed by atoms with E-state index in [1.165, 1.54) is 12.1 Å². The van der Waals surface area contributed by atoms with E-state index >= 15 is 0 Å². The summed E-state index contributed by atoms with van der Waals surface area (Å²) >= 11 is 0. The zero-order valence-electron chi connectivity index (χ0n) is 20.5. The van der Waals surface area contributed by atoms with Gasteiger partial charge < -0.3 is 9.88 Å².